The van der Waals surface area contributed by atoms with Crippen molar-refractivity contribution in [3.63, 3.8) is 0 Å². The van der Waals surface area contributed by atoms with Gasteiger partial charge in [-0.15, -0.1) is 0 Å². The molecule has 0 aliphatic heterocycles. The van der Waals surface area contributed by atoms with Crippen molar-refractivity contribution in [1.82, 2.24) is 4.98 Å². The molecule has 88 valence electrons. The van der Waals surface area contributed by atoms with Gasteiger partial charge in [0.15, 0.2) is 0 Å². The van der Waals surface area contributed by atoms with Gasteiger partial charge in [-0.2, -0.15) is 0 Å². The van der Waals surface area contributed by atoms with Gasteiger partial charge < -0.3 is 10.5 Å². The molecule has 2 aromatic rings. The molecular formula is C14H16N2O. The Bertz CT molecular complexity index is 523. The Balaban J connectivity index is 2.35. The van der Waals surface area contributed by atoms with E-state index in [1.807, 2.05) is 31.2 Å². The summed E-state index contributed by atoms with van der Waals surface area (Å²) in [7, 11) is 0. The molecule has 0 aliphatic carbocycles. The molecule has 0 fully saturated rings. The van der Waals surface area contributed by atoms with Gasteiger partial charge in [0.1, 0.15) is 11.5 Å². The van der Waals surface area contributed by atoms with Crippen molar-refractivity contribution in [3.05, 3.63) is 53.3 Å². The topological polar surface area (TPSA) is 48.1 Å². The fourth-order valence-corrected chi connectivity index (χ4v) is 1.62. The fraction of sp³-hybridized carbons (Fsp3) is 0.214. The molecule has 0 aliphatic rings. The first-order chi connectivity index (χ1) is 8.22. The average Bonchev–Trinajstić information content (AvgIpc) is 2.35. The number of ether oxygens (including phenoxy) is 1. The van der Waals surface area contributed by atoms with Gasteiger partial charge in [0.25, 0.3) is 0 Å². The molecule has 0 radical (unpaired) electrons. The minimum atomic E-state index is 0.376. The van der Waals surface area contributed by atoms with Gasteiger partial charge in [0, 0.05) is 12.7 Å². The normalized spacial score (nSPS) is 10.3. The third kappa shape index (κ3) is 2.45. The molecule has 3 heteroatoms. The van der Waals surface area contributed by atoms with Gasteiger partial charge in [-0.1, -0.05) is 12.1 Å². The molecule has 0 unspecified atom stereocenters. The van der Waals surface area contributed by atoms with Crippen LogP contribution in [-0.4, -0.2) is 4.98 Å². The largest absolute Gasteiger partial charge is 0.455 e. The third-order valence-corrected chi connectivity index (χ3v) is 2.82. The summed E-state index contributed by atoms with van der Waals surface area (Å²) in [6.45, 7) is 4.49. The third-order valence-electron chi connectivity index (χ3n) is 2.82. The molecule has 3 nitrogen and oxygen atoms in total. The SMILES string of the molecule is Cc1cccc(Oc2cccnc2CN)c1C. The summed E-state index contributed by atoms with van der Waals surface area (Å²) in [6.07, 6.45) is 1.72. The lowest BCUT2D eigenvalue weighted by atomic mass is 10.1. The molecule has 0 saturated heterocycles. The standard InChI is InChI=1S/C14H16N2O/c1-10-5-3-6-13(11(10)2)17-14-7-4-8-16-12(14)9-15/h3-8H,9,15H2,1-2H3. The summed E-state index contributed by atoms with van der Waals surface area (Å²) in [5.74, 6) is 1.58. The predicted octanol–water partition coefficient (Wildman–Crippen LogP) is 2.95. The Labute approximate surface area is 101 Å². The van der Waals surface area contributed by atoms with Crippen LogP contribution in [0.1, 0.15) is 16.8 Å². The molecule has 1 aromatic heterocycles. The molecule has 1 aromatic carbocycles. The first-order valence-electron chi connectivity index (χ1n) is 5.60. The van der Waals surface area contributed by atoms with Gasteiger partial charge in [-0.25, -0.2) is 0 Å². The van der Waals surface area contributed by atoms with E-state index in [1.54, 1.807) is 6.20 Å². The number of nitrogens with zero attached hydrogens (tertiary/aromatic N) is 1. The summed E-state index contributed by atoms with van der Waals surface area (Å²) < 4.78 is 5.87. The van der Waals surface area contributed by atoms with Crippen molar-refractivity contribution in [1.29, 1.82) is 0 Å². The lowest BCUT2D eigenvalue weighted by Gasteiger charge is -2.12. The highest BCUT2D eigenvalue weighted by atomic mass is 16.5. The van der Waals surface area contributed by atoms with Gasteiger partial charge in [-0.05, 0) is 43.2 Å². The molecule has 0 atom stereocenters. The van der Waals surface area contributed by atoms with Crippen molar-refractivity contribution in [3.8, 4) is 11.5 Å². The predicted molar refractivity (Wildman–Crippen MR) is 68.1 cm³/mol. The Morgan fingerprint density at radius 2 is 1.88 bits per heavy atom. The van der Waals surface area contributed by atoms with Crippen LogP contribution in [0.5, 0.6) is 11.5 Å². The van der Waals surface area contributed by atoms with Crippen LogP contribution in [0.4, 0.5) is 0 Å². The van der Waals surface area contributed by atoms with E-state index in [9.17, 15) is 0 Å². The Morgan fingerprint density at radius 1 is 1.12 bits per heavy atom. The molecule has 1 heterocycles. The van der Waals surface area contributed by atoms with Crippen molar-refractivity contribution >= 4 is 0 Å². The zero-order valence-corrected chi connectivity index (χ0v) is 10.1. The minimum Gasteiger partial charge on any atom is -0.455 e. The highest BCUT2D eigenvalue weighted by molar-refractivity contribution is 5.42. The number of hydrogen-bond acceptors (Lipinski definition) is 3. The molecule has 0 bridgehead atoms. The van der Waals surface area contributed by atoms with E-state index in [2.05, 4.69) is 18.0 Å². The van der Waals surface area contributed by atoms with Gasteiger partial charge in [0.05, 0.1) is 5.69 Å². The summed E-state index contributed by atoms with van der Waals surface area (Å²) in [5.41, 5.74) is 8.75. The summed E-state index contributed by atoms with van der Waals surface area (Å²) >= 11 is 0. The first kappa shape index (κ1) is 11.6. The maximum atomic E-state index is 5.87. The molecule has 2 rings (SSSR count). The van der Waals surface area contributed by atoms with Crippen LogP contribution in [-0.2, 0) is 6.54 Å². The van der Waals surface area contributed by atoms with Crippen LogP contribution in [0.15, 0.2) is 36.5 Å². The van der Waals surface area contributed by atoms with Crippen LogP contribution < -0.4 is 10.5 Å². The van der Waals surface area contributed by atoms with Crippen molar-refractivity contribution in [2.45, 2.75) is 20.4 Å². The Hall–Kier alpha value is -1.87. The van der Waals surface area contributed by atoms with Crippen LogP contribution >= 0.6 is 0 Å². The second kappa shape index (κ2) is 4.97. The highest BCUT2D eigenvalue weighted by Crippen LogP contribution is 2.28. The Kier molecular flexibility index (Phi) is 3.40. The summed E-state index contributed by atoms with van der Waals surface area (Å²) in [5, 5.41) is 0. The van der Waals surface area contributed by atoms with Gasteiger partial charge in [-0.3, -0.25) is 4.98 Å². The van der Waals surface area contributed by atoms with E-state index in [-0.39, 0.29) is 0 Å². The minimum absolute atomic E-state index is 0.376. The number of benzene rings is 1. The maximum absolute atomic E-state index is 5.87. The van der Waals surface area contributed by atoms with E-state index in [4.69, 9.17) is 10.5 Å². The number of rotatable bonds is 3. The molecule has 17 heavy (non-hydrogen) atoms. The molecule has 0 saturated carbocycles. The van der Waals surface area contributed by atoms with Crippen LogP contribution in [0.2, 0.25) is 0 Å². The fourth-order valence-electron chi connectivity index (χ4n) is 1.62. The quantitative estimate of drug-likeness (QED) is 0.878. The van der Waals surface area contributed by atoms with Crippen molar-refractivity contribution < 1.29 is 4.74 Å². The van der Waals surface area contributed by atoms with Gasteiger partial charge >= 0.3 is 0 Å². The molecule has 0 amide bonds. The zero-order valence-electron chi connectivity index (χ0n) is 10.1. The lowest BCUT2D eigenvalue weighted by molar-refractivity contribution is 0.468. The number of pyridine rings is 1. The summed E-state index contributed by atoms with van der Waals surface area (Å²) in [4.78, 5) is 4.20. The number of nitrogens with two attached hydrogens (primary N) is 1. The number of aromatic nitrogens is 1. The summed E-state index contributed by atoms with van der Waals surface area (Å²) in [6, 6.07) is 9.73. The monoisotopic (exact) mass is 228 g/mol. The van der Waals surface area contributed by atoms with E-state index >= 15 is 0 Å². The van der Waals surface area contributed by atoms with E-state index in [0.29, 0.717) is 6.54 Å². The number of aryl methyl sites for hydroxylation is 1. The Morgan fingerprint density at radius 3 is 2.65 bits per heavy atom. The average molecular weight is 228 g/mol. The molecule has 2 N–H and O–H groups in total. The van der Waals surface area contributed by atoms with Crippen molar-refractivity contribution in [2.75, 3.05) is 0 Å². The van der Waals surface area contributed by atoms with Gasteiger partial charge in [0.2, 0.25) is 0 Å². The first-order valence-corrected chi connectivity index (χ1v) is 5.60. The second-order valence-electron chi connectivity index (χ2n) is 3.95. The van der Waals surface area contributed by atoms with E-state index in [1.165, 1.54) is 5.56 Å². The van der Waals surface area contributed by atoms with Crippen LogP contribution in [0.25, 0.3) is 0 Å². The van der Waals surface area contributed by atoms with Crippen LogP contribution in [0, 0.1) is 13.8 Å². The van der Waals surface area contributed by atoms with E-state index in [0.717, 1.165) is 22.8 Å². The second-order valence-corrected chi connectivity index (χ2v) is 3.95. The number of hydrogen-bond donors (Lipinski definition) is 1. The smallest absolute Gasteiger partial charge is 0.150 e. The maximum Gasteiger partial charge on any atom is 0.150 e. The zero-order chi connectivity index (χ0) is 12.3. The molecular weight excluding hydrogens is 212 g/mol. The van der Waals surface area contributed by atoms with Crippen molar-refractivity contribution in [2.24, 2.45) is 5.73 Å². The highest BCUT2D eigenvalue weighted by Gasteiger charge is 2.07. The van der Waals surface area contributed by atoms with Crippen LogP contribution in [0.3, 0.4) is 0 Å². The van der Waals surface area contributed by atoms with E-state index < -0.39 is 0 Å². The lowest BCUT2D eigenvalue weighted by Crippen LogP contribution is -2.02. The molecule has 0 spiro atoms.